The number of carbonyl (C=O) groups is 1. The Balaban J connectivity index is 1.83. The van der Waals surface area contributed by atoms with Crippen LogP contribution >= 0.6 is 0 Å². The smallest absolute Gasteiger partial charge is 0.306 e. The van der Waals surface area contributed by atoms with Crippen LogP contribution in [0, 0.1) is 12.8 Å². The molecule has 2 aromatic heterocycles. The Morgan fingerprint density at radius 2 is 2.09 bits per heavy atom. The van der Waals surface area contributed by atoms with Crippen molar-refractivity contribution in [2.45, 2.75) is 19.8 Å². The molecule has 1 N–H and O–H groups in total. The second-order valence-electron chi connectivity index (χ2n) is 5.53. The van der Waals surface area contributed by atoms with Gasteiger partial charge < -0.3 is 10.0 Å². The number of aryl methyl sites for hydroxylation is 1. The second-order valence-corrected chi connectivity index (χ2v) is 5.53. The van der Waals surface area contributed by atoms with Crippen molar-refractivity contribution < 1.29 is 9.90 Å². The van der Waals surface area contributed by atoms with Crippen molar-refractivity contribution in [2.75, 3.05) is 18.0 Å². The summed E-state index contributed by atoms with van der Waals surface area (Å²) >= 11 is 0. The van der Waals surface area contributed by atoms with E-state index < -0.39 is 5.97 Å². The minimum atomic E-state index is -0.699. The summed E-state index contributed by atoms with van der Waals surface area (Å²) < 4.78 is 0. The molecular weight excluding hydrogens is 280 g/mol. The summed E-state index contributed by atoms with van der Waals surface area (Å²) in [6.45, 7) is 3.36. The van der Waals surface area contributed by atoms with Gasteiger partial charge in [-0.05, 0) is 31.9 Å². The fourth-order valence-electron chi connectivity index (χ4n) is 2.69. The zero-order valence-corrected chi connectivity index (χ0v) is 12.4. The molecule has 2 aromatic rings. The summed E-state index contributed by atoms with van der Waals surface area (Å²) in [5.74, 6) is 0.574. The Morgan fingerprint density at radius 1 is 1.32 bits per heavy atom. The Morgan fingerprint density at radius 3 is 2.73 bits per heavy atom. The van der Waals surface area contributed by atoms with E-state index in [-0.39, 0.29) is 5.92 Å². The molecular formula is C16H18N4O2. The Hall–Kier alpha value is -2.50. The lowest BCUT2D eigenvalue weighted by Gasteiger charge is -2.31. The van der Waals surface area contributed by atoms with E-state index in [9.17, 15) is 4.79 Å². The number of carboxylic acids is 1. The largest absolute Gasteiger partial charge is 0.481 e. The van der Waals surface area contributed by atoms with Crippen LogP contribution in [0.5, 0.6) is 0 Å². The van der Waals surface area contributed by atoms with Gasteiger partial charge in [-0.15, -0.1) is 0 Å². The first-order valence-electron chi connectivity index (χ1n) is 7.37. The van der Waals surface area contributed by atoms with E-state index in [0.717, 1.165) is 17.1 Å². The van der Waals surface area contributed by atoms with Gasteiger partial charge in [-0.25, -0.2) is 9.97 Å². The van der Waals surface area contributed by atoms with E-state index in [4.69, 9.17) is 5.11 Å². The van der Waals surface area contributed by atoms with Crippen molar-refractivity contribution in [1.82, 2.24) is 15.0 Å². The van der Waals surface area contributed by atoms with E-state index in [1.54, 1.807) is 12.4 Å². The van der Waals surface area contributed by atoms with Gasteiger partial charge in [0, 0.05) is 42.8 Å². The van der Waals surface area contributed by atoms with Gasteiger partial charge in [0.2, 0.25) is 0 Å². The monoisotopic (exact) mass is 298 g/mol. The number of anilines is 1. The topological polar surface area (TPSA) is 79.2 Å². The fraction of sp³-hybridized carbons (Fsp3) is 0.375. The van der Waals surface area contributed by atoms with Crippen LogP contribution in [-0.2, 0) is 4.79 Å². The van der Waals surface area contributed by atoms with Crippen LogP contribution in [0.4, 0.5) is 5.82 Å². The Kier molecular flexibility index (Phi) is 4.00. The average Bonchev–Trinajstić information content (AvgIpc) is 2.55. The molecule has 6 heteroatoms. The highest BCUT2D eigenvalue weighted by molar-refractivity contribution is 5.70. The number of hydrogen-bond acceptors (Lipinski definition) is 5. The van der Waals surface area contributed by atoms with Crippen molar-refractivity contribution in [3.05, 3.63) is 36.3 Å². The van der Waals surface area contributed by atoms with Crippen LogP contribution in [0.25, 0.3) is 11.4 Å². The first kappa shape index (κ1) is 14.4. The maximum absolute atomic E-state index is 11.0. The molecule has 0 spiro atoms. The molecule has 6 nitrogen and oxygen atoms in total. The molecule has 0 amide bonds. The summed E-state index contributed by atoms with van der Waals surface area (Å²) in [5, 5.41) is 9.08. The molecule has 0 unspecified atom stereocenters. The summed E-state index contributed by atoms with van der Waals surface area (Å²) in [4.78, 5) is 26.4. The minimum Gasteiger partial charge on any atom is -0.481 e. The fourth-order valence-corrected chi connectivity index (χ4v) is 2.69. The lowest BCUT2D eigenvalue weighted by Crippen LogP contribution is -2.36. The molecule has 114 valence electrons. The predicted octanol–water partition coefficient (Wildman–Crippen LogP) is 2.15. The number of piperidine rings is 1. The van der Waals surface area contributed by atoms with Gasteiger partial charge in [0.1, 0.15) is 5.82 Å². The molecule has 3 rings (SSSR count). The average molecular weight is 298 g/mol. The molecule has 22 heavy (non-hydrogen) atoms. The van der Waals surface area contributed by atoms with Crippen LogP contribution in [0.15, 0.2) is 30.6 Å². The minimum absolute atomic E-state index is 0.239. The lowest BCUT2D eigenvalue weighted by atomic mass is 9.97. The Labute approximate surface area is 128 Å². The molecule has 0 saturated carbocycles. The molecule has 1 aliphatic heterocycles. The lowest BCUT2D eigenvalue weighted by molar-refractivity contribution is -0.142. The quantitative estimate of drug-likeness (QED) is 0.935. The molecule has 3 heterocycles. The molecule has 0 bridgehead atoms. The van der Waals surface area contributed by atoms with E-state index >= 15 is 0 Å². The second kappa shape index (κ2) is 6.09. The molecule has 1 aliphatic rings. The highest BCUT2D eigenvalue weighted by atomic mass is 16.4. The SMILES string of the molecule is Cc1cc(N2CCC(C(=O)O)CC2)nc(-c2cccnc2)n1. The van der Waals surface area contributed by atoms with Crippen molar-refractivity contribution in [2.24, 2.45) is 5.92 Å². The number of aliphatic carboxylic acids is 1. The standard InChI is InChI=1S/C16H18N4O2/c1-11-9-14(20-7-4-12(5-8-20)16(21)22)19-15(18-11)13-3-2-6-17-10-13/h2-3,6,9-10,12H,4-5,7-8H2,1H3,(H,21,22). The van der Waals surface area contributed by atoms with Crippen LogP contribution in [-0.4, -0.2) is 39.1 Å². The Bertz CT molecular complexity index is 667. The third kappa shape index (κ3) is 3.05. The van der Waals surface area contributed by atoms with Crippen LogP contribution in [0.3, 0.4) is 0 Å². The van der Waals surface area contributed by atoms with Gasteiger partial charge in [-0.2, -0.15) is 0 Å². The third-order valence-electron chi connectivity index (χ3n) is 3.93. The summed E-state index contributed by atoms with van der Waals surface area (Å²) in [5.41, 5.74) is 1.78. The highest BCUT2D eigenvalue weighted by Gasteiger charge is 2.25. The first-order valence-corrected chi connectivity index (χ1v) is 7.37. The summed E-state index contributed by atoms with van der Waals surface area (Å²) in [6.07, 6.45) is 4.77. The van der Waals surface area contributed by atoms with Gasteiger partial charge in [0.05, 0.1) is 5.92 Å². The molecule has 0 atom stereocenters. The number of aromatic nitrogens is 3. The maximum Gasteiger partial charge on any atom is 0.306 e. The summed E-state index contributed by atoms with van der Waals surface area (Å²) in [7, 11) is 0. The number of carboxylic acid groups (broad SMARTS) is 1. The van der Waals surface area contributed by atoms with Crippen LogP contribution in [0.1, 0.15) is 18.5 Å². The van der Waals surface area contributed by atoms with Crippen molar-refractivity contribution in [3.8, 4) is 11.4 Å². The number of pyridine rings is 1. The van der Waals surface area contributed by atoms with Gasteiger partial charge in [-0.3, -0.25) is 9.78 Å². The maximum atomic E-state index is 11.0. The van der Waals surface area contributed by atoms with Crippen molar-refractivity contribution in [1.29, 1.82) is 0 Å². The van der Waals surface area contributed by atoms with Gasteiger partial charge in [0.25, 0.3) is 0 Å². The van der Waals surface area contributed by atoms with Crippen molar-refractivity contribution >= 4 is 11.8 Å². The summed E-state index contributed by atoms with van der Waals surface area (Å²) in [6, 6.07) is 5.74. The van der Waals surface area contributed by atoms with Gasteiger partial charge in [-0.1, -0.05) is 0 Å². The van der Waals surface area contributed by atoms with Crippen molar-refractivity contribution in [3.63, 3.8) is 0 Å². The zero-order valence-electron chi connectivity index (χ0n) is 12.4. The van der Waals surface area contributed by atoms with E-state index in [2.05, 4.69) is 19.9 Å². The number of nitrogens with zero attached hydrogens (tertiary/aromatic N) is 4. The zero-order chi connectivity index (χ0) is 15.5. The molecule has 0 aromatic carbocycles. The van der Waals surface area contributed by atoms with Gasteiger partial charge >= 0.3 is 5.97 Å². The van der Waals surface area contributed by atoms with Crippen LogP contribution in [0.2, 0.25) is 0 Å². The predicted molar refractivity (Wildman–Crippen MR) is 82.6 cm³/mol. The van der Waals surface area contributed by atoms with Crippen LogP contribution < -0.4 is 4.90 Å². The van der Waals surface area contributed by atoms with Gasteiger partial charge in [0.15, 0.2) is 5.82 Å². The number of hydrogen-bond donors (Lipinski definition) is 1. The molecule has 1 fully saturated rings. The van der Waals surface area contributed by atoms with E-state index in [1.165, 1.54) is 0 Å². The third-order valence-corrected chi connectivity index (χ3v) is 3.93. The highest BCUT2D eigenvalue weighted by Crippen LogP contribution is 2.24. The first-order chi connectivity index (χ1) is 10.6. The molecule has 1 saturated heterocycles. The molecule has 0 aliphatic carbocycles. The molecule has 0 radical (unpaired) electrons. The van der Waals surface area contributed by atoms with E-state index in [1.807, 2.05) is 25.1 Å². The normalized spacial score (nSPS) is 15.8. The van der Waals surface area contributed by atoms with E-state index in [0.29, 0.717) is 31.8 Å². The number of rotatable bonds is 3.